The van der Waals surface area contributed by atoms with E-state index in [0.717, 1.165) is 47.8 Å². The van der Waals surface area contributed by atoms with Gasteiger partial charge in [-0.15, -0.1) is 11.3 Å². The molecule has 1 unspecified atom stereocenters. The molecule has 1 aliphatic heterocycles. The Balaban J connectivity index is 1.37. The van der Waals surface area contributed by atoms with Gasteiger partial charge in [0.05, 0.1) is 18.5 Å². The highest BCUT2D eigenvalue weighted by Gasteiger charge is 2.19. The smallest absolute Gasteiger partial charge is 0.260 e. The zero-order valence-electron chi connectivity index (χ0n) is 16.0. The van der Waals surface area contributed by atoms with Crippen LogP contribution in [0.3, 0.4) is 0 Å². The maximum Gasteiger partial charge on any atom is 0.260 e. The Morgan fingerprint density at radius 2 is 1.72 bits per heavy atom. The number of benzene rings is 2. The fourth-order valence-electron chi connectivity index (χ4n) is 4.00. The number of hydrogen-bond acceptors (Lipinski definition) is 3. The minimum atomic E-state index is -0.0398. The number of fused-ring (bicyclic) bond motifs is 1. The van der Waals surface area contributed by atoms with E-state index in [1.165, 1.54) is 16.0 Å². The minimum Gasteiger partial charge on any atom is -0.325 e. The fraction of sp³-hybridized carbons (Fsp3) is 0.167. The molecule has 1 aliphatic rings. The quantitative estimate of drug-likeness (QED) is 0.551. The zero-order chi connectivity index (χ0) is 19.6. The summed E-state index contributed by atoms with van der Waals surface area (Å²) in [5.41, 5.74) is 4.70. The van der Waals surface area contributed by atoms with Crippen molar-refractivity contribution in [2.75, 3.05) is 13.1 Å². The molecule has 4 nitrogen and oxygen atoms in total. The summed E-state index contributed by atoms with van der Waals surface area (Å²) in [6, 6.07) is 20.6. The van der Waals surface area contributed by atoms with Crippen LogP contribution < -0.4 is 10.5 Å². The number of hydrogen-bond donors (Lipinski definition) is 2. The van der Waals surface area contributed by atoms with E-state index >= 15 is 0 Å². The Kier molecular flexibility index (Phi) is 4.84. The van der Waals surface area contributed by atoms with Crippen molar-refractivity contribution in [3.63, 3.8) is 0 Å². The van der Waals surface area contributed by atoms with E-state index in [9.17, 15) is 4.79 Å². The molecule has 0 saturated carbocycles. The number of H-pyrrole nitrogens is 1. The molecule has 5 rings (SSSR count). The van der Waals surface area contributed by atoms with Gasteiger partial charge < -0.3 is 9.88 Å². The summed E-state index contributed by atoms with van der Waals surface area (Å²) in [4.78, 5) is 22.9. The normalized spacial score (nSPS) is 16.7. The standard InChI is InChI=1S/C24H21N3OS/c28-23-22-20(19-9-5-2-6-10-19)16-29-24(22)26-21(25-23)15-27-13-11-18(12-14-27)17-7-3-1-4-8-17/h1-11,16H,12-15H2,(H,25,26,28)/p+1. The van der Waals surface area contributed by atoms with E-state index in [1.807, 2.05) is 35.7 Å². The molecule has 3 heterocycles. The van der Waals surface area contributed by atoms with Gasteiger partial charge in [0.1, 0.15) is 11.4 Å². The number of nitrogens with zero attached hydrogens (tertiary/aromatic N) is 1. The number of rotatable bonds is 4. The summed E-state index contributed by atoms with van der Waals surface area (Å²) in [6.45, 7) is 2.73. The Bertz CT molecular complexity index is 1230. The average molecular weight is 401 g/mol. The monoisotopic (exact) mass is 400 g/mol. The van der Waals surface area contributed by atoms with Gasteiger partial charge in [-0.3, -0.25) is 4.79 Å². The Morgan fingerprint density at radius 1 is 1.00 bits per heavy atom. The summed E-state index contributed by atoms with van der Waals surface area (Å²) in [5, 5.41) is 2.74. The molecule has 29 heavy (non-hydrogen) atoms. The molecule has 0 radical (unpaired) electrons. The highest BCUT2D eigenvalue weighted by Crippen LogP contribution is 2.30. The molecule has 0 fully saturated rings. The van der Waals surface area contributed by atoms with Crippen LogP contribution >= 0.6 is 11.3 Å². The molecular formula is C24H22N3OS+. The average Bonchev–Trinajstić information content (AvgIpc) is 3.20. The predicted octanol–water partition coefficient (Wildman–Crippen LogP) is 3.52. The van der Waals surface area contributed by atoms with Crippen LogP contribution in [0.2, 0.25) is 0 Å². The van der Waals surface area contributed by atoms with Crippen LogP contribution in [0, 0.1) is 0 Å². The lowest BCUT2D eigenvalue weighted by Gasteiger charge is -2.23. The molecule has 0 bridgehead atoms. The summed E-state index contributed by atoms with van der Waals surface area (Å²) in [6.07, 6.45) is 3.37. The third-order valence-corrected chi connectivity index (χ3v) is 6.40. The molecule has 1 atom stereocenters. The number of aromatic amines is 1. The third kappa shape index (κ3) is 3.67. The topological polar surface area (TPSA) is 50.2 Å². The van der Waals surface area contributed by atoms with Crippen molar-refractivity contribution in [3.8, 4) is 11.1 Å². The molecular weight excluding hydrogens is 378 g/mol. The van der Waals surface area contributed by atoms with Gasteiger partial charge in [-0.05, 0) is 22.8 Å². The lowest BCUT2D eigenvalue weighted by Crippen LogP contribution is -3.11. The SMILES string of the molecule is O=c1[nH]c(C[NH+]2CC=C(c3ccccc3)CC2)nc2scc(-c3ccccc3)c12. The first-order valence-electron chi connectivity index (χ1n) is 9.92. The van der Waals surface area contributed by atoms with Crippen molar-refractivity contribution in [1.29, 1.82) is 0 Å². The highest BCUT2D eigenvalue weighted by atomic mass is 32.1. The van der Waals surface area contributed by atoms with Gasteiger partial charge in [0.2, 0.25) is 0 Å². The Morgan fingerprint density at radius 3 is 2.41 bits per heavy atom. The van der Waals surface area contributed by atoms with Crippen LogP contribution in [-0.2, 0) is 6.54 Å². The molecule has 2 aromatic heterocycles. The van der Waals surface area contributed by atoms with Crippen molar-refractivity contribution >= 4 is 27.1 Å². The van der Waals surface area contributed by atoms with Crippen LogP contribution in [0.4, 0.5) is 0 Å². The molecule has 0 amide bonds. The first-order chi connectivity index (χ1) is 14.3. The molecule has 0 saturated heterocycles. The molecule has 0 spiro atoms. The van der Waals surface area contributed by atoms with Crippen molar-refractivity contribution in [1.82, 2.24) is 9.97 Å². The Hall–Kier alpha value is -3.02. The molecule has 0 aliphatic carbocycles. The molecule has 5 heteroatoms. The maximum atomic E-state index is 12.8. The largest absolute Gasteiger partial charge is 0.325 e. The second-order valence-corrected chi connectivity index (χ2v) is 8.29. The van der Waals surface area contributed by atoms with Gasteiger partial charge in [0.15, 0.2) is 5.82 Å². The van der Waals surface area contributed by atoms with Crippen molar-refractivity contribution < 1.29 is 4.90 Å². The van der Waals surface area contributed by atoms with E-state index in [-0.39, 0.29) is 5.56 Å². The lowest BCUT2D eigenvalue weighted by atomic mass is 10.00. The number of aromatic nitrogens is 2. The van der Waals surface area contributed by atoms with Crippen LogP contribution in [-0.4, -0.2) is 23.1 Å². The van der Waals surface area contributed by atoms with E-state index in [1.54, 1.807) is 11.3 Å². The third-order valence-electron chi connectivity index (χ3n) is 5.52. The van der Waals surface area contributed by atoms with E-state index in [2.05, 4.69) is 41.4 Å². The maximum absolute atomic E-state index is 12.8. The molecule has 144 valence electrons. The second-order valence-electron chi connectivity index (χ2n) is 7.43. The first-order valence-corrected chi connectivity index (χ1v) is 10.8. The molecule has 2 aromatic carbocycles. The number of quaternary nitrogens is 1. The highest BCUT2D eigenvalue weighted by molar-refractivity contribution is 7.17. The van der Waals surface area contributed by atoms with Gasteiger partial charge in [-0.2, -0.15) is 0 Å². The van der Waals surface area contributed by atoms with E-state index in [4.69, 9.17) is 4.98 Å². The summed E-state index contributed by atoms with van der Waals surface area (Å²) in [7, 11) is 0. The number of thiophene rings is 1. The zero-order valence-corrected chi connectivity index (χ0v) is 16.8. The lowest BCUT2D eigenvalue weighted by molar-refractivity contribution is -0.909. The van der Waals surface area contributed by atoms with Crippen molar-refractivity contribution in [2.24, 2.45) is 0 Å². The second kappa shape index (κ2) is 7.78. The Labute approximate surface area is 173 Å². The summed E-state index contributed by atoms with van der Waals surface area (Å²) in [5.74, 6) is 0.774. The van der Waals surface area contributed by atoms with Crippen LogP contribution in [0.15, 0.2) is 76.9 Å². The summed E-state index contributed by atoms with van der Waals surface area (Å²) < 4.78 is 0. The summed E-state index contributed by atoms with van der Waals surface area (Å²) >= 11 is 1.54. The van der Waals surface area contributed by atoms with Crippen LogP contribution in [0.25, 0.3) is 26.9 Å². The molecule has 4 aromatic rings. The first kappa shape index (κ1) is 18.0. The minimum absolute atomic E-state index is 0.0398. The molecule has 2 N–H and O–H groups in total. The predicted molar refractivity (Wildman–Crippen MR) is 119 cm³/mol. The van der Waals surface area contributed by atoms with Gasteiger partial charge >= 0.3 is 0 Å². The van der Waals surface area contributed by atoms with Crippen LogP contribution in [0.5, 0.6) is 0 Å². The van der Waals surface area contributed by atoms with Gasteiger partial charge in [0.25, 0.3) is 5.56 Å². The van der Waals surface area contributed by atoms with E-state index < -0.39 is 0 Å². The van der Waals surface area contributed by atoms with Crippen LogP contribution in [0.1, 0.15) is 17.8 Å². The van der Waals surface area contributed by atoms with Gasteiger partial charge in [-0.1, -0.05) is 60.7 Å². The van der Waals surface area contributed by atoms with Gasteiger partial charge in [-0.25, -0.2) is 4.98 Å². The van der Waals surface area contributed by atoms with Crippen molar-refractivity contribution in [2.45, 2.75) is 13.0 Å². The van der Waals surface area contributed by atoms with E-state index in [0.29, 0.717) is 5.39 Å². The van der Waals surface area contributed by atoms with Gasteiger partial charge in [0, 0.05) is 17.4 Å². The number of nitrogens with one attached hydrogen (secondary N) is 2. The van der Waals surface area contributed by atoms with Crippen molar-refractivity contribution in [3.05, 3.63) is 93.9 Å². The fourth-order valence-corrected chi connectivity index (χ4v) is 4.97.